The van der Waals surface area contributed by atoms with Gasteiger partial charge in [0.05, 0.1) is 5.56 Å². The van der Waals surface area contributed by atoms with Crippen LogP contribution in [-0.2, 0) is 12.7 Å². The first kappa shape index (κ1) is 15.1. The largest absolute Gasteiger partial charge is 0.419 e. The molecule has 0 amide bonds. The maximum Gasteiger partial charge on any atom is 0.419 e. The van der Waals surface area contributed by atoms with Gasteiger partial charge in [-0.1, -0.05) is 29.8 Å². The van der Waals surface area contributed by atoms with Gasteiger partial charge in [-0.05, 0) is 33.6 Å². The molecule has 1 N–H and O–H groups in total. The quantitative estimate of drug-likeness (QED) is 0.816. The molecule has 0 aliphatic heterocycles. The number of hydrogen-bond donors (Lipinski definition) is 1. The van der Waals surface area contributed by atoms with Crippen molar-refractivity contribution < 1.29 is 13.2 Å². The summed E-state index contributed by atoms with van der Waals surface area (Å²) in [6, 6.07) is 7.93. The van der Waals surface area contributed by atoms with Crippen LogP contribution >= 0.6 is 27.5 Å². The maximum atomic E-state index is 12.9. The second-order valence-corrected chi connectivity index (χ2v) is 5.32. The van der Waals surface area contributed by atoms with Crippen LogP contribution in [0, 0.1) is 0 Å². The molecule has 1 aromatic heterocycles. The fourth-order valence-electron chi connectivity index (χ4n) is 1.62. The molecule has 0 saturated heterocycles. The van der Waals surface area contributed by atoms with Crippen molar-refractivity contribution in [3.05, 3.63) is 57.2 Å². The molecule has 2 rings (SSSR count). The average Bonchev–Trinajstić information content (AvgIpc) is 2.38. The molecular formula is C13H9BrClF3N2. The maximum absolute atomic E-state index is 12.9. The topological polar surface area (TPSA) is 24.9 Å². The SMILES string of the molecule is FC(F)(F)c1cc(Br)cnc1NCc1ccccc1Cl. The van der Waals surface area contributed by atoms with E-state index in [2.05, 4.69) is 26.2 Å². The van der Waals surface area contributed by atoms with Crippen LogP contribution in [-0.4, -0.2) is 4.98 Å². The molecule has 0 atom stereocenters. The van der Waals surface area contributed by atoms with Gasteiger partial charge in [-0.15, -0.1) is 0 Å². The molecule has 7 heteroatoms. The molecule has 0 bridgehead atoms. The summed E-state index contributed by atoms with van der Waals surface area (Å²) in [6.45, 7) is 0.164. The number of pyridine rings is 1. The summed E-state index contributed by atoms with van der Waals surface area (Å²) in [7, 11) is 0. The first-order valence-corrected chi connectivity index (χ1v) is 6.75. The lowest BCUT2D eigenvalue weighted by Gasteiger charge is -2.14. The van der Waals surface area contributed by atoms with Gasteiger partial charge in [0.1, 0.15) is 5.82 Å². The number of halogens is 5. The molecule has 0 spiro atoms. The van der Waals surface area contributed by atoms with E-state index in [0.29, 0.717) is 10.6 Å². The molecule has 1 aromatic carbocycles. The van der Waals surface area contributed by atoms with Crippen molar-refractivity contribution >= 4 is 33.3 Å². The van der Waals surface area contributed by atoms with Crippen LogP contribution in [0.25, 0.3) is 0 Å². The Morgan fingerprint density at radius 3 is 2.60 bits per heavy atom. The van der Waals surface area contributed by atoms with E-state index < -0.39 is 11.7 Å². The van der Waals surface area contributed by atoms with Gasteiger partial charge in [0.25, 0.3) is 0 Å². The Morgan fingerprint density at radius 1 is 1.25 bits per heavy atom. The third-order valence-corrected chi connectivity index (χ3v) is 3.37. The lowest BCUT2D eigenvalue weighted by Crippen LogP contribution is -2.12. The Labute approximate surface area is 127 Å². The Kier molecular flexibility index (Phi) is 4.55. The van der Waals surface area contributed by atoms with Gasteiger partial charge >= 0.3 is 6.18 Å². The molecule has 20 heavy (non-hydrogen) atoms. The lowest BCUT2D eigenvalue weighted by atomic mass is 10.2. The molecule has 1 heterocycles. The first-order valence-electron chi connectivity index (χ1n) is 5.58. The minimum Gasteiger partial charge on any atom is -0.365 e. The van der Waals surface area contributed by atoms with Crippen molar-refractivity contribution in [2.24, 2.45) is 0 Å². The van der Waals surface area contributed by atoms with E-state index in [-0.39, 0.29) is 16.8 Å². The summed E-state index contributed by atoms with van der Waals surface area (Å²) in [4.78, 5) is 3.77. The molecule has 0 saturated carbocycles. The number of aromatic nitrogens is 1. The number of nitrogens with one attached hydrogen (secondary N) is 1. The molecule has 0 fully saturated rings. The third-order valence-electron chi connectivity index (χ3n) is 2.56. The number of nitrogens with zero attached hydrogens (tertiary/aromatic N) is 1. The lowest BCUT2D eigenvalue weighted by molar-refractivity contribution is -0.137. The molecular weight excluding hydrogens is 357 g/mol. The molecule has 2 nitrogen and oxygen atoms in total. The summed E-state index contributed by atoms with van der Waals surface area (Å²) in [5.74, 6) is -0.222. The number of hydrogen-bond acceptors (Lipinski definition) is 2. The predicted octanol–water partition coefficient (Wildman–Crippen LogP) is 5.13. The van der Waals surface area contributed by atoms with Gasteiger partial charge in [0, 0.05) is 22.2 Å². The van der Waals surface area contributed by atoms with Gasteiger partial charge in [-0.3, -0.25) is 0 Å². The van der Waals surface area contributed by atoms with Gasteiger partial charge in [-0.25, -0.2) is 4.98 Å². The van der Waals surface area contributed by atoms with Gasteiger partial charge in [0.2, 0.25) is 0 Å². The second kappa shape index (κ2) is 6.01. The summed E-state index contributed by atoms with van der Waals surface area (Å²) >= 11 is 8.94. The summed E-state index contributed by atoms with van der Waals surface area (Å²) in [6.07, 6.45) is -3.16. The summed E-state index contributed by atoms with van der Waals surface area (Å²) < 4.78 is 39.0. The van der Waals surface area contributed by atoms with Crippen molar-refractivity contribution in [3.8, 4) is 0 Å². The van der Waals surface area contributed by atoms with E-state index in [1.165, 1.54) is 6.20 Å². The van der Waals surface area contributed by atoms with E-state index in [1.807, 2.05) is 0 Å². The average molecular weight is 366 g/mol. The number of anilines is 1. The van der Waals surface area contributed by atoms with Crippen LogP contribution in [0.3, 0.4) is 0 Å². The van der Waals surface area contributed by atoms with Crippen molar-refractivity contribution in [3.63, 3.8) is 0 Å². The van der Waals surface area contributed by atoms with Crippen molar-refractivity contribution in [2.45, 2.75) is 12.7 Å². The van der Waals surface area contributed by atoms with Crippen LogP contribution in [0.4, 0.5) is 19.0 Å². The Hall–Kier alpha value is -1.27. The number of benzene rings is 1. The second-order valence-electron chi connectivity index (χ2n) is 3.99. The summed E-state index contributed by atoms with van der Waals surface area (Å²) in [5.41, 5.74) is -0.120. The molecule has 0 aliphatic rings. The zero-order chi connectivity index (χ0) is 14.8. The summed E-state index contributed by atoms with van der Waals surface area (Å²) in [5, 5.41) is 3.16. The highest BCUT2D eigenvalue weighted by molar-refractivity contribution is 9.10. The number of rotatable bonds is 3. The van der Waals surface area contributed by atoms with Crippen LogP contribution in [0.5, 0.6) is 0 Å². The third kappa shape index (κ3) is 3.64. The van der Waals surface area contributed by atoms with Crippen molar-refractivity contribution in [1.82, 2.24) is 4.98 Å². The standard InChI is InChI=1S/C13H9BrClF3N2/c14-9-5-10(13(16,17)18)12(20-7-9)19-6-8-3-1-2-4-11(8)15/h1-5,7H,6H2,(H,19,20). The van der Waals surface area contributed by atoms with Crippen LogP contribution < -0.4 is 5.32 Å². The Bertz CT molecular complexity index is 617. The van der Waals surface area contributed by atoms with Gasteiger partial charge in [-0.2, -0.15) is 13.2 Å². The number of alkyl halides is 3. The zero-order valence-corrected chi connectivity index (χ0v) is 12.4. The van der Waals surface area contributed by atoms with E-state index >= 15 is 0 Å². The molecule has 106 valence electrons. The molecule has 0 radical (unpaired) electrons. The fraction of sp³-hybridized carbons (Fsp3) is 0.154. The normalized spacial score (nSPS) is 11.4. The monoisotopic (exact) mass is 364 g/mol. The van der Waals surface area contributed by atoms with Gasteiger partial charge < -0.3 is 5.32 Å². The highest BCUT2D eigenvalue weighted by Crippen LogP contribution is 2.35. The fourth-order valence-corrected chi connectivity index (χ4v) is 2.15. The van der Waals surface area contributed by atoms with E-state index in [1.54, 1.807) is 24.3 Å². The van der Waals surface area contributed by atoms with E-state index in [4.69, 9.17) is 11.6 Å². The Balaban J connectivity index is 2.24. The smallest absolute Gasteiger partial charge is 0.365 e. The molecule has 0 unspecified atom stereocenters. The van der Waals surface area contributed by atoms with Crippen molar-refractivity contribution in [1.29, 1.82) is 0 Å². The minimum absolute atomic E-state index is 0.164. The van der Waals surface area contributed by atoms with Crippen LogP contribution in [0.15, 0.2) is 41.0 Å². The van der Waals surface area contributed by atoms with Crippen molar-refractivity contribution in [2.75, 3.05) is 5.32 Å². The first-order chi connectivity index (χ1) is 9.38. The Morgan fingerprint density at radius 2 is 1.95 bits per heavy atom. The van der Waals surface area contributed by atoms with E-state index in [9.17, 15) is 13.2 Å². The molecule has 2 aromatic rings. The zero-order valence-electron chi connectivity index (χ0n) is 10.0. The molecule has 0 aliphatic carbocycles. The van der Waals surface area contributed by atoms with Gasteiger partial charge in [0.15, 0.2) is 0 Å². The highest BCUT2D eigenvalue weighted by Gasteiger charge is 2.34. The minimum atomic E-state index is -4.47. The highest BCUT2D eigenvalue weighted by atomic mass is 79.9. The van der Waals surface area contributed by atoms with E-state index in [0.717, 1.165) is 6.07 Å². The predicted molar refractivity (Wildman–Crippen MR) is 75.7 cm³/mol. The van der Waals surface area contributed by atoms with Crippen LogP contribution in [0.1, 0.15) is 11.1 Å². The van der Waals surface area contributed by atoms with Crippen LogP contribution in [0.2, 0.25) is 5.02 Å².